The van der Waals surface area contributed by atoms with Crippen molar-refractivity contribution >= 4 is 11.6 Å². The molecule has 0 atom stereocenters. The van der Waals surface area contributed by atoms with Gasteiger partial charge in [-0.25, -0.2) is 13.2 Å². The van der Waals surface area contributed by atoms with Gasteiger partial charge in [0.1, 0.15) is 5.82 Å². The maximum absolute atomic E-state index is 13.4. The van der Waals surface area contributed by atoms with Crippen molar-refractivity contribution in [2.45, 2.75) is 6.42 Å². The molecule has 1 aliphatic rings. The molecule has 110 valence electrons. The highest BCUT2D eigenvalue weighted by molar-refractivity contribution is 5.92. The molecule has 0 radical (unpaired) electrons. The second kappa shape index (κ2) is 6.71. The molecule has 0 unspecified atom stereocenters. The summed E-state index contributed by atoms with van der Waals surface area (Å²) < 4.78 is 39.4. The SMILES string of the molecule is O=C(CN1CCCNCC1)Nc1cc(F)cc(F)c1F. The Morgan fingerprint density at radius 1 is 1.25 bits per heavy atom. The van der Waals surface area contributed by atoms with Crippen molar-refractivity contribution in [1.82, 2.24) is 10.2 Å². The third-order valence-corrected chi connectivity index (χ3v) is 3.07. The molecule has 2 N–H and O–H groups in total. The Morgan fingerprint density at radius 2 is 2.05 bits per heavy atom. The first-order valence-corrected chi connectivity index (χ1v) is 6.44. The zero-order valence-electron chi connectivity index (χ0n) is 10.9. The van der Waals surface area contributed by atoms with Crippen LogP contribution in [0.2, 0.25) is 0 Å². The minimum absolute atomic E-state index is 0.0687. The molecular weight excluding hydrogens is 271 g/mol. The van der Waals surface area contributed by atoms with Crippen LogP contribution in [-0.4, -0.2) is 43.5 Å². The molecule has 1 aliphatic heterocycles. The fraction of sp³-hybridized carbons (Fsp3) is 0.462. The van der Waals surface area contributed by atoms with Gasteiger partial charge in [0.15, 0.2) is 11.6 Å². The molecule has 1 heterocycles. The monoisotopic (exact) mass is 287 g/mol. The van der Waals surface area contributed by atoms with Crippen LogP contribution in [0.15, 0.2) is 12.1 Å². The molecule has 0 aliphatic carbocycles. The lowest BCUT2D eigenvalue weighted by atomic mass is 10.2. The molecule has 2 rings (SSSR count). The fourth-order valence-corrected chi connectivity index (χ4v) is 2.10. The van der Waals surface area contributed by atoms with Crippen molar-refractivity contribution in [2.75, 3.05) is 38.0 Å². The quantitative estimate of drug-likeness (QED) is 0.825. The standard InChI is InChI=1S/C13H16F3N3O/c14-9-6-10(15)13(16)11(7-9)18-12(20)8-19-4-1-2-17-3-5-19/h6-7,17H,1-5,8H2,(H,18,20). The van der Waals surface area contributed by atoms with E-state index < -0.39 is 29.0 Å². The van der Waals surface area contributed by atoms with E-state index in [0.717, 1.165) is 32.1 Å². The number of nitrogens with zero attached hydrogens (tertiary/aromatic N) is 1. The number of nitrogens with one attached hydrogen (secondary N) is 2. The Labute approximate surface area is 114 Å². The summed E-state index contributed by atoms with van der Waals surface area (Å²) in [6, 6.07) is 1.20. The van der Waals surface area contributed by atoms with Gasteiger partial charge in [0.2, 0.25) is 5.91 Å². The lowest BCUT2D eigenvalue weighted by Crippen LogP contribution is -2.35. The minimum Gasteiger partial charge on any atom is -0.322 e. The average Bonchev–Trinajstić information content (AvgIpc) is 2.64. The summed E-state index contributed by atoms with van der Waals surface area (Å²) in [4.78, 5) is 13.7. The maximum atomic E-state index is 13.4. The first kappa shape index (κ1) is 14.8. The number of hydrogen-bond donors (Lipinski definition) is 2. The van der Waals surface area contributed by atoms with Crippen molar-refractivity contribution in [3.63, 3.8) is 0 Å². The first-order chi connectivity index (χ1) is 9.56. The maximum Gasteiger partial charge on any atom is 0.238 e. The number of halogens is 3. The van der Waals surface area contributed by atoms with Crippen LogP contribution < -0.4 is 10.6 Å². The zero-order valence-corrected chi connectivity index (χ0v) is 10.9. The number of carbonyl (C=O) groups excluding carboxylic acids is 1. The number of benzene rings is 1. The molecule has 1 fully saturated rings. The Kier molecular flexibility index (Phi) is 4.97. The van der Waals surface area contributed by atoms with Gasteiger partial charge in [-0.05, 0) is 19.5 Å². The molecule has 1 aromatic carbocycles. The molecule has 0 bridgehead atoms. The molecule has 1 aromatic rings. The van der Waals surface area contributed by atoms with Crippen molar-refractivity contribution in [3.05, 3.63) is 29.6 Å². The van der Waals surface area contributed by atoms with Gasteiger partial charge in [0.05, 0.1) is 12.2 Å². The average molecular weight is 287 g/mol. The van der Waals surface area contributed by atoms with Crippen LogP contribution in [0.1, 0.15) is 6.42 Å². The minimum atomic E-state index is -1.32. The number of anilines is 1. The lowest BCUT2D eigenvalue weighted by Gasteiger charge is -2.18. The van der Waals surface area contributed by atoms with Crippen molar-refractivity contribution in [3.8, 4) is 0 Å². The predicted octanol–water partition coefficient (Wildman–Crippen LogP) is 1.34. The van der Waals surface area contributed by atoms with Gasteiger partial charge in [0, 0.05) is 25.2 Å². The zero-order chi connectivity index (χ0) is 14.5. The van der Waals surface area contributed by atoms with E-state index >= 15 is 0 Å². The van der Waals surface area contributed by atoms with E-state index in [1.54, 1.807) is 0 Å². The molecule has 4 nitrogen and oxygen atoms in total. The van der Waals surface area contributed by atoms with Crippen LogP contribution in [0.4, 0.5) is 18.9 Å². The number of hydrogen-bond acceptors (Lipinski definition) is 3. The summed E-state index contributed by atoms with van der Waals surface area (Å²) >= 11 is 0. The summed E-state index contributed by atoms with van der Waals surface area (Å²) in [6.45, 7) is 3.19. The van der Waals surface area contributed by atoms with Crippen LogP contribution in [0, 0.1) is 17.5 Å². The largest absolute Gasteiger partial charge is 0.322 e. The molecule has 7 heteroatoms. The second-order valence-corrected chi connectivity index (χ2v) is 4.68. The van der Waals surface area contributed by atoms with Crippen LogP contribution in [0.5, 0.6) is 0 Å². The van der Waals surface area contributed by atoms with Gasteiger partial charge in [-0.15, -0.1) is 0 Å². The second-order valence-electron chi connectivity index (χ2n) is 4.68. The highest BCUT2D eigenvalue weighted by Crippen LogP contribution is 2.19. The molecule has 20 heavy (non-hydrogen) atoms. The molecule has 1 saturated heterocycles. The highest BCUT2D eigenvalue weighted by Gasteiger charge is 2.16. The van der Waals surface area contributed by atoms with Crippen LogP contribution >= 0.6 is 0 Å². The van der Waals surface area contributed by atoms with Crippen molar-refractivity contribution in [2.24, 2.45) is 0 Å². The molecule has 0 spiro atoms. The van der Waals surface area contributed by atoms with Gasteiger partial charge in [-0.2, -0.15) is 0 Å². The van der Waals surface area contributed by atoms with E-state index in [2.05, 4.69) is 10.6 Å². The molecule has 1 amide bonds. The Balaban J connectivity index is 1.97. The topological polar surface area (TPSA) is 44.4 Å². The van der Waals surface area contributed by atoms with Crippen LogP contribution in [-0.2, 0) is 4.79 Å². The number of amides is 1. The number of rotatable bonds is 3. The predicted molar refractivity (Wildman–Crippen MR) is 68.9 cm³/mol. The summed E-state index contributed by atoms with van der Waals surface area (Å²) in [5.41, 5.74) is -0.472. The molecule has 0 saturated carbocycles. The van der Waals surface area contributed by atoms with Crippen LogP contribution in [0.3, 0.4) is 0 Å². The first-order valence-electron chi connectivity index (χ1n) is 6.44. The van der Waals surface area contributed by atoms with Gasteiger partial charge in [-0.3, -0.25) is 9.69 Å². The van der Waals surface area contributed by atoms with E-state index in [0.29, 0.717) is 12.6 Å². The van der Waals surface area contributed by atoms with Gasteiger partial charge < -0.3 is 10.6 Å². The van der Waals surface area contributed by atoms with E-state index in [1.165, 1.54) is 0 Å². The van der Waals surface area contributed by atoms with E-state index in [9.17, 15) is 18.0 Å². The Hall–Kier alpha value is -1.60. The van der Waals surface area contributed by atoms with Crippen molar-refractivity contribution in [1.29, 1.82) is 0 Å². The van der Waals surface area contributed by atoms with Crippen molar-refractivity contribution < 1.29 is 18.0 Å². The van der Waals surface area contributed by atoms with E-state index in [-0.39, 0.29) is 6.54 Å². The van der Waals surface area contributed by atoms with E-state index in [4.69, 9.17) is 0 Å². The molecule has 0 aromatic heterocycles. The Bertz CT molecular complexity index is 488. The fourth-order valence-electron chi connectivity index (χ4n) is 2.10. The summed E-state index contributed by atoms with van der Waals surface area (Å²) in [6.07, 6.45) is 0.913. The number of carbonyl (C=O) groups is 1. The molecular formula is C13H16F3N3O. The van der Waals surface area contributed by atoms with Gasteiger partial charge in [-0.1, -0.05) is 0 Å². The van der Waals surface area contributed by atoms with Crippen LogP contribution in [0.25, 0.3) is 0 Å². The third-order valence-electron chi connectivity index (χ3n) is 3.07. The summed E-state index contributed by atoms with van der Waals surface area (Å²) in [7, 11) is 0. The third kappa shape index (κ3) is 3.94. The van der Waals surface area contributed by atoms with Gasteiger partial charge in [0.25, 0.3) is 0 Å². The Morgan fingerprint density at radius 3 is 2.85 bits per heavy atom. The summed E-state index contributed by atoms with van der Waals surface area (Å²) in [5.74, 6) is -3.99. The highest BCUT2D eigenvalue weighted by atomic mass is 19.2. The van der Waals surface area contributed by atoms with Gasteiger partial charge >= 0.3 is 0 Å². The lowest BCUT2D eigenvalue weighted by molar-refractivity contribution is -0.117. The summed E-state index contributed by atoms with van der Waals surface area (Å²) in [5, 5.41) is 5.40. The normalized spacial score (nSPS) is 16.8. The smallest absolute Gasteiger partial charge is 0.238 e. The van der Waals surface area contributed by atoms with E-state index in [1.807, 2.05) is 4.90 Å².